The summed E-state index contributed by atoms with van der Waals surface area (Å²) in [6.07, 6.45) is 1.82. The second-order valence-corrected chi connectivity index (χ2v) is 2.95. The molecular weight excluding hydrogens is 212 g/mol. The quantitative estimate of drug-likeness (QED) is 0.641. The van der Waals surface area contributed by atoms with Crippen molar-refractivity contribution < 1.29 is 19.8 Å². The van der Waals surface area contributed by atoms with Crippen molar-refractivity contribution in [1.82, 2.24) is 9.55 Å². The van der Waals surface area contributed by atoms with Crippen LogP contribution in [0.1, 0.15) is 0 Å². The molecule has 0 atom stereocenters. The van der Waals surface area contributed by atoms with Gasteiger partial charge >= 0.3 is 11.9 Å². The highest BCUT2D eigenvalue weighted by Crippen LogP contribution is 2.08. The minimum Gasteiger partial charge on any atom is -0.473 e. The Morgan fingerprint density at radius 3 is 2.25 bits per heavy atom. The lowest BCUT2D eigenvalue weighted by molar-refractivity contribution is -0.159. The molecule has 0 aliphatic rings. The van der Waals surface area contributed by atoms with Crippen molar-refractivity contribution in [3.63, 3.8) is 0 Å². The molecule has 6 heteroatoms. The first kappa shape index (κ1) is 11.7. The topological polar surface area (TPSA) is 92.4 Å². The number of imidazole rings is 1. The summed E-state index contributed by atoms with van der Waals surface area (Å²) in [6.45, 7) is 0. The molecule has 0 aliphatic carbocycles. The average Bonchev–Trinajstić information content (AvgIpc) is 2.62. The predicted molar refractivity (Wildman–Crippen MR) is 56.0 cm³/mol. The number of nitrogens with zero attached hydrogens (tertiary/aromatic N) is 2. The second-order valence-electron chi connectivity index (χ2n) is 2.95. The first-order chi connectivity index (χ1) is 7.52. The second kappa shape index (κ2) is 4.92. The number of carboxylic acid groups (broad SMARTS) is 2. The van der Waals surface area contributed by atoms with Gasteiger partial charge in [0.2, 0.25) is 0 Å². The molecule has 1 aromatic carbocycles. The molecule has 1 aromatic heterocycles. The Balaban J connectivity index is 0.000000187. The van der Waals surface area contributed by atoms with Gasteiger partial charge in [-0.1, -0.05) is 12.1 Å². The van der Waals surface area contributed by atoms with Crippen molar-refractivity contribution in [3.05, 3.63) is 30.6 Å². The van der Waals surface area contributed by atoms with Crippen LogP contribution >= 0.6 is 0 Å². The highest BCUT2D eigenvalue weighted by atomic mass is 16.4. The molecule has 0 bridgehead atoms. The standard InChI is InChI=1S/C8H8N2.C2H2O4/c1-10-6-9-7-4-2-3-5-8(7)10;3-1(4)2(5)6/h2-6H,1H3;(H,3,4)(H,5,6). The molecule has 0 saturated carbocycles. The van der Waals surface area contributed by atoms with Crippen LogP contribution in [0.2, 0.25) is 0 Å². The first-order valence-corrected chi connectivity index (χ1v) is 4.34. The van der Waals surface area contributed by atoms with Gasteiger partial charge in [-0.05, 0) is 12.1 Å². The maximum Gasteiger partial charge on any atom is 0.414 e. The van der Waals surface area contributed by atoms with Gasteiger partial charge in [-0.25, -0.2) is 14.6 Å². The molecule has 6 nitrogen and oxygen atoms in total. The van der Waals surface area contributed by atoms with Crippen molar-refractivity contribution in [2.24, 2.45) is 7.05 Å². The molecule has 16 heavy (non-hydrogen) atoms. The Morgan fingerprint density at radius 1 is 1.19 bits per heavy atom. The molecule has 84 valence electrons. The van der Waals surface area contributed by atoms with E-state index >= 15 is 0 Å². The molecule has 2 N–H and O–H groups in total. The summed E-state index contributed by atoms with van der Waals surface area (Å²) >= 11 is 0. The fraction of sp³-hybridized carbons (Fsp3) is 0.100. The Hall–Kier alpha value is -2.37. The van der Waals surface area contributed by atoms with E-state index in [-0.39, 0.29) is 0 Å². The van der Waals surface area contributed by atoms with Crippen LogP contribution in [-0.2, 0) is 16.6 Å². The maximum absolute atomic E-state index is 9.10. The maximum atomic E-state index is 9.10. The van der Waals surface area contributed by atoms with Crippen molar-refractivity contribution in [1.29, 1.82) is 0 Å². The number of hydrogen-bond donors (Lipinski definition) is 2. The minimum atomic E-state index is -1.82. The molecule has 2 rings (SSSR count). The van der Waals surface area contributed by atoms with Crippen LogP contribution in [0.5, 0.6) is 0 Å². The highest BCUT2D eigenvalue weighted by molar-refractivity contribution is 6.27. The third-order valence-corrected chi connectivity index (χ3v) is 1.81. The summed E-state index contributed by atoms with van der Waals surface area (Å²) in [6, 6.07) is 8.08. The number of rotatable bonds is 0. The molecule has 0 radical (unpaired) electrons. The highest BCUT2D eigenvalue weighted by Gasteiger charge is 2.04. The Bertz CT molecular complexity index is 506. The zero-order valence-corrected chi connectivity index (χ0v) is 8.49. The summed E-state index contributed by atoms with van der Waals surface area (Å²) in [5, 5.41) is 14.8. The smallest absolute Gasteiger partial charge is 0.414 e. The minimum absolute atomic E-state index is 1.06. The average molecular weight is 222 g/mol. The molecule has 1 heterocycles. The molecule has 0 aliphatic heterocycles. The van der Waals surface area contributed by atoms with E-state index in [4.69, 9.17) is 19.8 Å². The summed E-state index contributed by atoms with van der Waals surface area (Å²) in [7, 11) is 2.00. The van der Waals surface area contributed by atoms with Gasteiger partial charge in [0, 0.05) is 7.05 Å². The monoisotopic (exact) mass is 222 g/mol. The molecule has 0 fully saturated rings. The van der Waals surface area contributed by atoms with Gasteiger partial charge in [0.15, 0.2) is 0 Å². The van der Waals surface area contributed by atoms with Crippen LogP contribution in [-0.4, -0.2) is 31.7 Å². The van der Waals surface area contributed by atoms with Crippen molar-refractivity contribution in [2.75, 3.05) is 0 Å². The zero-order chi connectivity index (χ0) is 12.1. The van der Waals surface area contributed by atoms with E-state index < -0.39 is 11.9 Å². The van der Waals surface area contributed by atoms with Crippen LogP contribution in [0.25, 0.3) is 11.0 Å². The van der Waals surface area contributed by atoms with Gasteiger partial charge < -0.3 is 14.8 Å². The van der Waals surface area contributed by atoms with Crippen molar-refractivity contribution in [3.8, 4) is 0 Å². The fourth-order valence-electron chi connectivity index (χ4n) is 1.08. The van der Waals surface area contributed by atoms with Gasteiger partial charge in [-0.2, -0.15) is 0 Å². The number of aryl methyl sites for hydroxylation is 1. The van der Waals surface area contributed by atoms with E-state index in [1.807, 2.05) is 36.1 Å². The lowest BCUT2D eigenvalue weighted by atomic mass is 10.3. The number of aromatic nitrogens is 2. The van der Waals surface area contributed by atoms with E-state index in [0.717, 1.165) is 5.52 Å². The largest absolute Gasteiger partial charge is 0.473 e. The van der Waals surface area contributed by atoms with Gasteiger partial charge in [0.05, 0.1) is 17.4 Å². The Morgan fingerprint density at radius 2 is 1.75 bits per heavy atom. The number of benzene rings is 1. The first-order valence-electron chi connectivity index (χ1n) is 4.34. The lowest BCUT2D eigenvalue weighted by Gasteiger charge is -1.90. The van der Waals surface area contributed by atoms with Crippen molar-refractivity contribution >= 4 is 23.0 Å². The Labute approximate surface area is 90.8 Å². The van der Waals surface area contributed by atoms with Crippen LogP contribution in [0.3, 0.4) is 0 Å². The van der Waals surface area contributed by atoms with Gasteiger partial charge in [-0.3, -0.25) is 0 Å². The number of para-hydroxylation sites is 2. The third-order valence-electron chi connectivity index (χ3n) is 1.81. The summed E-state index contributed by atoms with van der Waals surface area (Å²) in [5.41, 5.74) is 2.24. The van der Waals surface area contributed by atoms with Gasteiger partial charge in [-0.15, -0.1) is 0 Å². The molecule has 0 unspecified atom stereocenters. The number of carboxylic acids is 2. The van der Waals surface area contributed by atoms with E-state index in [1.165, 1.54) is 5.52 Å². The van der Waals surface area contributed by atoms with Crippen LogP contribution in [0.4, 0.5) is 0 Å². The van der Waals surface area contributed by atoms with E-state index in [1.54, 1.807) is 0 Å². The van der Waals surface area contributed by atoms with Crippen molar-refractivity contribution in [2.45, 2.75) is 0 Å². The molecule has 0 spiro atoms. The fourth-order valence-corrected chi connectivity index (χ4v) is 1.08. The lowest BCUT2D eigenvalue weighted by Crippen LogP contribution is -2.09. The summed E-state index contributed by atoms with van der Waals surface area (Å²) in [4.78, 5) is 22.4. The van der Waals surface area contributed by atoms with Crippen LogP contribution in [0, 0.1) is 0 Å². The molecule has 0 saturated heterocycles. The number of fused-ring (bicyclic) bond motifs is 1. The molecular formula is C10H10N2O4. The molecule has 2 aromatic rings. The summed E-state index contributed by atoms with van der Waals surface area (Å²) in [5.74, 6) is -3.65. The predicted octanol–water partition coefficient (Wildman–Crippen LogP) is 0.729. The normalized spacial score (nSPS) is 9.31. The third kappa shape index (κ3) is 2.81. The van der Waals surface area contributed by atoms with Crippen LogP contribution < -0.4 is 0 Å². The van der Waals surface area contributed by atoms with Crippen LogP contribution in [0.15, 0.2) is 30.6 Å². The Kier molecular flexibility index (Phi) is 3.60. The molecule has 0 amide bonds. The van der Waals surface area contributed by atoms with E-state index in [2.05, 4.69) is 11.1 Å². The van der Waals surface area contributed by atoms with E-state index in [0.29, 0.717) is 0 Å². The SMILES string of the molecule is Cn1cnc2ccccc21.O=C(O)C(=O)O. The van der Waals surface area contributed by atoms with E-state index in [9.17, 15) is 0 Å². The zero-order valence-electron chi connectivity index (χ0n) is 8.49. The summed E-state index contributed by atoms with van der Waals surface area (Å²) < 4.78 is 2.01. The number of hydrogen-bond acceptors (Lipinski definition) is 3. The number of aliphatic carboxylic acids is 2. The van der Waals surface area contributed by atoms with Gasteiger partial charge in [0.25, 0.3) is 0 Å². The number of carbonyl (C=O) groups is 2. The van der Waals surface area contributed by atoms with Gasteiger partial charge in [0.1, 0.15) is 0 Å².